The normalized spacial score (nSPS) is 44.2. The van der Waals surface area contributed by atoms with E-state index in [2.05, 4.69) is 0 Å². The van der Waals surface area contributed by atoms with E-state index in [0.29, 0.717) is 0 Å². The fraction of sp³-hybridized carbons (Fsp3) is 1.00. The summed E-state index contributed by atoms with van der Waals surface area (Å²) < 4.78 is 17.1. The van der Waals surface area contributed by atoms with E-state index in [-0.39, 0.29) is 0 Å². The maximum absolute atomic E-state index is 10.1. The predicted molar refractivity (Wildman–Crippen MR) is 59.5 cm³/mol. The molecule has 3 fully saturated rings. The van der Waals surface area contributed by atoms with Crippen molar-refractivity contribution in [1.82, 2.24) is 0 Å². The maximum atomic E-state index is 10.1. The van der Waals surface area contributed by atoms with Crippen molar-refractivity contribution < 1.29 is 29.5 Å². The summed E-state index contributed by atoms with van der Waals surface area (Å²) in [6.07, 6.45) is 0.824. The molecule has 0 radical (unpaired) electrons. The lowest BCUT2D eigenvalue weighted by Crippen LogP contribution is -2.43. The first kappa shape index (κ1) is 12.8. The van der Waals surface area contributed by atoms with Crippen molar-refractivity contribution in [2.75, 3.05) is 6.61 Å². The van der Waals surface area contributed by atoms with Crippen LogP contribution in [0.1, 0.15) is 32.1 Å². The largest absolute Gasteiger partial charge is 0.394 e. The molecule has 0 bridgehead atoms. The molecule has 6 nitrogen and oxygen atoms in total. The standard InChI is InChI=1S/C12H20O6/c13-6-7(14)9-8(15)10-11(16-9)18-12(17-10)4-2-1-3-5-12/h7-11,13-15H,1-6H2/t7-,8+,9-,10+,11+/m1/s1. The molecule has 0 aromatic rings. The van der Waals surface area contributed by atoms with Crippen LogP contribution < -0.4 is 0 Å². The van der Waals surface area contributed by atoms with Crippen molar-refractivity contribution in [2.45, 2.75) is 68.6 Å². The second-order valence-corrected chi connectivity index (χ2v) is 5.38. The molecule has 1 aliphatic carbocycles. The molecule has 3 rings (SSSR count). The first-order valence-electron chi connectivity index (χ1n) is 6.63. The van der Waals surface area contributed by atoms with Gasteiger partial charge < -0.3 is 29.5 Å². The number of fused-ring (bicyclic) bond motifs is 1. The second-order valence-electron chi connectivity index (χ2n) is 5.38. The molecule has 5 atom stereocenters. The van der Waals surface area contributed by atoms with Crippen LogP contribution in [0, 0.1) is 0 Å². The van der Waals surface area contributed by atoms with Gasteiger partial charge in [-0.2, -0.15) is 0 Å². The molecular weight excluding hydrogens is 240 g/mol. The molecule has 2 aliphatic heterocycles. The van der Waals surface area contributed by atoms with Gasteiger partial charge in [-0.25, -0.2) is 0 Å². The number of hydrogen-bond donors (Lipinski definition) is 3. The first-order chi connectivity index (χ1) is 8.65. The van der Waals surface area contributed by atoms with Gasteiger partial charge in [0.05, 0.1) is 6.61 Å². The van der Waals surface area contributed by atoms with Crippen LogP contribution in [0.5, 0.6) is 0 Å². The van der Waals surface area contributed by atoms with Crippen LogP contribution in [0.25, 0.3) is 0 Å². The van der Waals surface area contributed by atoms with E-state index < -0.39 is 43.1 Å². The Morgan fingerprint density at radius 3 is 2.50 bits per heavy atom. The molecule has 0 aromatic heterocycles. The maximum Gasteiger partial charge on any atom is 0.190 e. The third-order valence-electron chi connectivity index (χ3n) is 4.10. The third kappa shape index (κ3) is 1.97. The Kier molecular flexibility index (Phi) is 3.34. The van der Waals surface area contributed by atoms with Gasteiger partial charge in [0.15, 0.2) is 12.1 Å². The molecule has 3 N–H and O–H groups in total. The Morgan fingerprint density at radius 2 is 1.89 bits per heavy atom. The summed E-state index contributed by atoms with van der Waals surface area (Å²) in [4.78, 5) is 0. The summed E-state index contributed by atoms with van der Waals surface area (Å²) in [6.45, 7) is -0.452. The van der Waals surface area contributed by atoms with Gasteiger partial charge in [0.1, 0.15) is 24.4 Å². The summed E-state index contributed by atoms with van der Waals surface area (Å²) in [7, 11) is 0. The number of aliphatic hydroxyl groups excluding tert-OH is 3. The van der Waals surface area contributed by atoms with E-state index in [1.165, 1.54) is 6.42 Å². The van der Waals surface area contributed by atoms with Crippen LogP contribution in [0.3, 0.4) is 0 Å². The Morgan fingerprint density at radius 1 is 1.17 bits per heavy atom. The minimum Gasteiger partial charge on any atom is -0.394 e. The molecule has 6 heteroatoms. The van der Waals surface area contributed by atoms with E-state index in [0.717, 1.165) is 25.7 Å². The lowest BCUT2D eigenvalue weighted by Gasteiger charge is -2.33. The van der Waals surface area contributed by atoms with Gasteiger partial charge in [0.2, 0.25) is 0 Å². The van der Waals surface area contributed by atoms with Crippen molar-refractivity contribution in [3.8, 4) is 0 Å². The summed E-state index contributed by atoms with van der Waals surface area (Å²) in [6, 6.07) is 0. The Balaban J connectivity index is 1.68. The Bertz CT molecular complexity index is 303. The van der Waals surface area contributed by atoms with Gasteiger partial charge in [0.25, 0.3) is 0 Å². The molecule has 1 saturated carbocycles. The highest BCUT2D eigenvalue weighted by Gasteiger charge is 2.58. The van der Waals surface area contributed by atoms with Gasteiger partial charge in [-0.1, -0.05) is 6.42 Å². The van der Waals surface area contributed by atoms with Crippen LogP contribution in [-0.4, -0.2) is 58.4 Å². The van der Waals surface area contributed by atoms with E-state index in [1.54, 1.807) is 0 Å². The van der Waals surface area contributed by atoms with E-state index >= 15 is 0 Å². The van der Waals surface area contributed by atoms with Gasteiger partial charge in [0, 0.05) is 12.8 Å². The molecule has 1 spiro atoms. The molecule has 3 aliphatic rings. The average molecular weight is 260 g/mol. The van der Waals surface area contributed by atoms with Gasteiger partial charge in [-0.05, 0) is 12.8 Å². The van der Waals surface area contributed by atoms with Crippen molar-refractivity contribution in [2.24, 2.45) is 0 Å². The zero-order chi connectivity index (χ0) is 12.8. The zero-order valence-electron chi connectivity index (χ0n) is 10.2. The second kappa shape index (κ2) is 4.70. The minimum atomic E-state index is -1.11. The number of aliphatic hydroxyl groups is 3. The van der Waals surface area contributed by atoms with Crippen molar-refractivity contribution in [3.63, 3.8) is 0 Å². The summed E-state index contributed by atoms with van der Waals surface area (Å²) in [5.74, 6) is -0.607. The lowest BCUT2D eigenvalue weighted by molar-refractivity contribution is -0.254. The molecule has 2 heterocycles. The minimum absolute atomic E-state index is 0.452. The monoisotopic (exact) mass is 260 g/mol. The molecule has 0 amide bonds. The van der Waals surface area contributed by atoms with Crippen LogP contribution in [0.4, 0.5) is 0 Å². The first-order valence-corrected chi connectivity index (χ1v) is 6.63. The fourth-order valence-electron chi connectivity index (χ4n) is 3.12. The number of ether oxygens (including phenoxy) is 3. The summed E-state index contributed by atoms with van der Waals surface area (Å²) >= 11 is 0. The van der Waals surface area contributed by atoms with Crippen molar-refractivity contribution in [1.29, 1.82) is 0 Å². The summed E-state index contributed by atoms with van der Waals surface area (Å²) in [5.41, 5.74) is 0. The van der Waals surface area contributed by atoms with Crippen LogP contribution >= 0.6 is 0 Å². The van der Waals surface area contributed by atoms with Gasteiger partial charge >= 0.3 is 0 Å². The van der Waals surface area contributed by atoms with Crippen molar-refractivity contribution >= 4 is 0 Å². The van der Waals surface area contributed by atoms with Gasteiger partial charge in [-0.15, -0.1) is 0 Å². The summed E-state index contributed by atoms with van der Waals surface area (Å²) in [5, 5.41) is 28.5. The van der Waals surface area contributed by atoms with Crippen LogP contribution in [0.15, 0.2) is 0 Å². The third-order valence-corrected chi connectivity index (χ3v) is 4.10. The zero-order valence-corrected chi connectivity index (χ0v) is 10.2. The number of rotatable bonds is 2. The van der Waals surface area contributed by atoms with E-state index in [1.807, 2.05) is 0 Å². The Hall–Kier alpha value is -0.240. The van der Waals surface area contributed by atoms with Crippen LogP contribution in [-0.2, 0) is 14.2 Å². The molecule has 0 aromatic carbocycles. The smallest absolute Gasteiger partial charge is 0.190 e. The molecule has 0 unspecified atom stereocenters. The van der Waals surface area contributed by atoms with E-state index in [4.69, 9.17) is 19.3 Å². The fourth-order valence-corrected chi connectivity index (χ4v) is 3.12. The molecule has 104 valence electrons. The highest BCUT2D eigenvalue weighted by Crippen LogP contribution is 2.45. The number of hydrogen-bond acceptors (Lipinski definition) is 6. The molecule has 2 saturated heterocycles. The van der Waals surface area contributed by atoms with E-state index in [9.17, 15) is 10.2 Å². The Labute approximate surface area is 105 Å². The molecular formula is C12H20O6. The topological polar surface area (TPSA) is 88.4 Å². The van der Waals surface area contributed by atoms with Gasteiger partial charge in [-0.3, -0.25) is 0 Å². The lowest BCUT2D eigenvalue weighted by atomic mass is 9.94. The predicted octanol–water partition coefficient (Wildman–Crippen LogP) is -0.499. The SMILES string of the molecule is OC[C@@H](O)[C@H]1O[C@H]2OC3(CCCCC3)O[C@H]2[C@H]1O. The highest BCUT2D eigenvalue weighted by molar-refractivity contribution is 4.97. The van der Waals surface area contributed by atoms with Crippen LogP contribution in [0.2, 0.25) is 0 Å². The average Bonchev–Trinajstić information content (AvgIpc) is 2.86. The van der Waals surface area contributed by atoms with Crippen molar-refractivity contribution in [3.05, 3.63) is 0 Å². The highest BCUT2D eigenvalue weighted by atomic mass is 16.8. The quantitative estimate of drug-likeness (QED) is 0.620. The molecule has 18 heavy (non-hydrogen) atoms.